The molecule has 5 fully saturated rings. The molecule has 128 heavy (non-hydrogen) atoms. The molecule has 4 saturated heterocycles. The zero-order valence-electron chi connectivity index (χ0n) is 71.2. The van der Waals surface area contributed by atoms with Crippen molar-refractivity contribution in [2.45, 2.75) is 24.9 Å². The second kappa shape index (κ2) is 42.5. The first kappa shape index (κ1) is 88.4. The maximum Gasteiger partial charge on any atom is 0.248 e. The van der Waals surface area contributed by atoms with Gasteiger partial charge >= 0.3 is 0 Å². The van der Waals surface area contributed by atoms with Gasteiger partial charge in [0, 0.05) is 156 Å². The predicted octanol–water partition coefficient (Wildman–Crippen LogP) is 6.84. The molecule has 1 saturated carbocycles. The van der Waals surface area contributed by atoms with E-state index in [1.54, 1.807) is 28.9 Å². The summed E-state index contributed by atoms with van der Waals surface area (Å²) in [6.45, 7) is 16.3. The molecular weight excluding hydrogens is 1650 g/mol. The first-order valence-corrected chi connectivity index (χ1v) is 41.7. The van der Waals surface area contributed by atoms with E-state index in [1.165, 1.54) is 75.7 Å². The van der Waals surface area contributed by atoms with Crippen LogP contribution >= 0.6 is 0 Å². The summed E-state index contributed by atoms with van der Waals surface area (Å²) in [5.74, 6) is 4.40. The van der Waals surface area contributed by atoms with Gasteiger partial charge in [0.05, 0.1) is 63.7 Å². The van der Waals surface area contributed by atoms with Crippen LogP contribution in [0.4, 0.5) is 124 Å². The second-order valence-corrected chi connectivity index (χ2v) is 30.5. The summed E-state index contributed by atoms with van der Waals surface area (Å²) in [6, 6.07) is 41.4. The molecule has 5 aromatic carbocycles. The van der Waals surface area contributed by atoms with Crippen molar-refractivity contribution in [3.63, 3.8) is 0 Å². The van der Waals surface area contributed by atoms with Crippen LogP contribution < -0.4 is 79.8 Å². The molecule has 0 unspecified atom stereocenters. The molecule has 13 aromatic rings. The fourth-order valence-electron chi connectivity index (χ4n) is 14.0. The number of likely N-dealkylation sites (N-methyl/N-ethyl adjacent to an activating group) is 2. The topological polar surface area (TPSA) is 485 Å². The number of nitrogens with two attached hydrogens (primary N) is 4. The Bertz CT molecular complexity index is 5720. The summed E-state index contributed by atoms with van der Waals surface area (Å²) < 4.78 is 63.7. The zero-order valence-corrected chi connectivity index (χ0v) is 71.2. The van der Waals surface area contributed by atoms with Gasteiger partial charge in [-0.1, -0.05) is 30.3 Å². The van der Waals surface area contributed by atoms with Crippen molar-refractivity contribution in [3.8, 4) is 23.3 Å². The number of aromatic nitrogens is 20. The Labute approximate surface area is 735 Å². The van der Waals surface area contributed by atoms with E-state index in [4.69, 9.17) is 37.1 Å². The van der Waals surface area contributed by atoms with Crippen LogP contribution in [0.1, 0.15) is 24.4 Å². The van der Waals surface area contributed by atoms with E-state index >= 15 is 0 Å². The number of anilines is 19. The van der Waals surface area contributed by atoms with Gasteiger partial charge in [-0.25, -0.2) is 53.0 Å². The molecule has 18 rings (SSSR count). The molecule has 16 N–H and O–H groups in total. The molecule has 45 heteroatoms. The Kier molecular flexibility index (Phi) is 29.3. The molecule has 42 nitrogen and oxygen atoms in total. The van der Waals surface area contributed by atoms with E-state index < -0.39 is 17.5 Å². The number of aliphatic hydroxyl groups is 1. The van der Waals surface area contributed by atoms with Gasteiger partial charge < -0.3 is 109 Å². The Morgan fingerprint density at radius 3 is 1.34 bits per heavy atom. The third-order valence-corrected chi connectivity index (χ3v) is 20.9. The van der Waals surface area contributed by atoms with Crippen LogP contribution in [0.5, 0.6) is 0 Å². The summed E-state index contributed by atoms with van der Waals surface area (Å²) >= 11 is 0. The molecule has 5 aliphatic rings. The predicted molar refractivity (Wildman–Crippen MR) is 484 cm³/mol. The molecule has 8 aromatic heterocycles. The fraction of sp³-hybridized carbons (Fsp3) is 0.349. The monoisotopic (exact) mass is 1750 g/mol. The molecule has 1 aliphatic carbocycles. The third kappa shape index (κ3) is 23.9. The van der Waals surface area contributed by atoms with E-state index in [2.05, 4.69) is 176 Å². The van der Waals surface area contributed by atoms with E-state index in [0.717, 1.165) is 165 Å². The van der Waals surface area contributed by atoms with Crippen molar-refractivity contribution in [2.24, 2.45) is 0 Å². The van der Waals surface area contributed by atoms with Crippen molar-refractivity contribution in [1.82, 2.24) is 114 Å². The highest BCUT2D eigenvalue weighted by Gasteiger charge is 2.32. The average Bonchev–Trinajstić information content (AvgIpc) is 1.71. The van der Waals surface area contributed by atoms with Crippen LogP contribution in [-0.2, 0) is 14.2 Å². The Hall–Kier alpha value is -14.5. The first-order chi connectivity index (χ1) is 62.3. The summed E-state index contributed by atoms with van der Waals surface area (Å²) in [4.78, 5) is 66.7. The number of halogens is 3. The number of nitrogens with zero attached hydrogens (tertiary/aromatic N) is 27. The lowest BCUT2D eigenvalue weighted by atomic mass is 10.1. The van der Waals surface area contributed by atoms with E-state index in [-0.39, 0.29) is 59.7 Å². The molecule has 12 heterocycles. The van der Waals surface area contributed by atoms with Crippen LogP contribution in [0.2, 0.25) is 0 Å². The number of morpholine rings is 3. The zero-order chi connectivity index (χ0) is 88.8. The number of nitrogens with one attached hydrogen (secondary N) is 7. The van der Waals surface area contributed by atoms with Gasteiger partial charge in [0.15, 0.2) is 23.3 Å². The van der Waals surface area contributed by atoms with E-state index in [9.17, 15) is 18.3 Å². The summed E-state index contributed by atoms with van der Waals surface area (Å²) in [7, 11) is 8.09. The van der Waals surface area contributed by atoms with Gasteiger partial charge in [-0.15, -0.1) is 20.4 Å². The number of piperazine rings is 1. The minimum absolute atomic E-state index is 0.0467. The maximum absolute atomic E-state index is 14.8. The lowest BCUT2D eigenvalue weighted by molar-refractivity contribution is 0.122. The standard InChI is InChI=1S/C24H26FN9O2.2C20H28N10O.C19H21F2N9/c25-18-12-17(33-8-10-36-11-9-33)6-7-19(18)30-24-31-23(26)34(32-24)22-13-21(27-15-28-22)29-20(14-35)16-4-2-1-3-5-16;1-28(2)8-7-22-17-13-18(24-14-23-17)30-19(21)26-20(27-30)25-15-3-5-16(6-4-15)29-9-11-31-12-10-29;1-28(2)8-7-22-17-13-18(24-14-23-17)30-20(26-19(21)27-30)25-15-3-5-16(6-4-15)29-9-11-31-12-10-29;20-12-1-4-15(14(21)9-12)25-19-26-18(22)30(27-19)17-10-16(23-11-24-17)29-7-5-28(6-8-29)13-2-3-13/h1-7,12-13,15,20,35H,8-11,14H2,(H,27,28,29)(H3,26,30,31,32);2*3-6,13-14H,7-12H2,1-2H3,(H,22,23,24)(H3,21,25,26,27);1,4,9-11,13H,2-3,5-8H2,(H3,22,25,26,27)/t20-;;;/m1.../s1. The van der Waals surface area contributed by atoms with Crippen LogP contribution in [0.15, 0.2) is 165 Å². The Balaban J connectivity index is 0.000000132. The normalized spacial score (nSPS) is 15.0. The van der Waals surface area contributed by atoms with Crippen LogP contribution in [0, 0.1) is 17.5 Å². The molecule has 1 atom stereocenters. The number of hydrogen-bond donors (Lipinski definition) is 12. The quantitative estimate of drug-likeness (QED) is 0.0228. The SMILES string of the molecule is CN(C)CCNc1cc(-n2nc(N)nc2Nc2ccc(N3CCOCC3)cc2)ncn1.CN(C)CCNc1cc(-n2nc(Nc3ccc(N4CCOCC4)cc3)nc2N)ncn1.Nc1nc(Nc2ccc(F)cc2F)nn1-c1cc(N2CCN(C3CC3)CC2)ncn1.Nc1nc(Nc2ccc(N3CCOCC3)cc2F)nn1-c1cc(N[C@H](CO)c2ccccc2)ncn1. The minimum Gasteiger partial charge on any atom is -0.394 e. The van der Waals surface area contributed by atoms with Gasteiger partial charge in [-0.3, -0.25) is 4.90 Å². The summed E-state index contributed by atoms with van der Waals surface area (Å²) in [6.07, 6.45) is 8.40. The number of ether oxygens (including phenoxy) is 3. The van der Waals surface area contributed by atoms with Crippen LogP contribution in [0.3, 0.4) is 0 Å². The highest BCUT2D eigenvalue weighted by Crippen LogP contribution is 2.32. The Morgan fingerprint density at radius 1 is 0.422 bits per heavy atom. The van der Waals surface area contributed by atoms with Gasteiger partial charge in [0.2, 0.25) is 47.6 Å². The third-order valence-electron chi connectivity index (χ3n) is 20.9. The maximum atomic E-state index is 14.8. The van der Waals surface area contributed by atoms with Crippen molar-refractivity contribution >= 4 is 111 Å². The van der Waals surface area contributed by atoms with Crippen molar-refractivity contribution in [1.29, 1.82) is 0 Å². The number of benzene rings is 5. The number of nitrogen functional groups attached to an aromatic ring is 4. The molecule has 0 bridgehead atoms. The lowest BCUT2D eigenvalue weighted by Gasteiger charge is -2.35. The van der Waals surface area contributed by atoms with Crippen LogP contribution in [0.25, 0.3) is 23.3 Å². The smallest absolute Gasteiger partial charge is 0.248 e. The van der Waals surface area contributed by atoms with Crippen molar-refractivity contribution in [3.05, 3.63) is 188 Å². The number of rotatable bonds is 29. The summed E-state index contributed by atoms with van der Waals surface area (Å²) in [5.41, 5.74) is 30.1. The molecule has 670 valence electrons. The molecule has 0 radical (unpaired) electrons. The van der Waals surface area contributed by atoms with Gasteiger partial charge in [-0.2, -0.15) is 38.7 Å². The van der Waals surface area contributed by atoms with Crippen LogP contribution in [-0.4, -0.2) is 291 Å². The Morgan fingerprint density at radius 2 is 0.852 bits per heavy atom. The largest absolute Gasteiger partial charge is 0.394 e. The lowest BCUT2D eigenvalue weighted by Crippen LogP contribution is -2.47. The molecular formula is C83H103F3N38O4. The van der Waals surface area contributed by atoms with Gasteiger partial charge in [0.25, 0.3) is 0 Å². The highest BCUT2D eigenvalue weighted by molar-refractivity contribution is 5.65. The van der Waals surface area contributed by atoms with E-state index in [1.807, 2.05) is 94.9 Å². The number of hydrogen-bond acceptors (Lipinski definition) is 38. The first-order valence-electron chi connectivity index (χ1n) is 41.7. The highest BCUT2D eigenvalue weighted by atomic mass is 19.1. The van der Waals surface area contributed by atoms with Gasteiger partial charge in [0.1, 0.15) is 66.0 Å². The average molecular weight is 1750 g/mol. The molecule has 4 aliphatic heterocycles. The molecule has 0 amide bonds. The van der Waals surface area contributed by atoms with Crippen molar-refractivity contribution < 1.29 is 32.5 Å². The second-order valence-electron chi connectivity index (χ2n) is 30.5. The van der Waals surface area contributed by atoms with E-state index in [0.29, 0.717) is 65.8 Å². The van der Waals surface area contributed by atoms with Gasteiger partial charge in [-0.05, 0) is 125 Å². The number of aliphatic hydroxyl groups excluding tert-OH is 1. The fourth-order valence-corrected chi connectivity index (χ4v) is 14.0. The van der Waals surface area contributed by atoms with Crippen molar-refractivity contribution in [2.75, 3.05) is 246 Å². The summed E-state index contributed by atoms with van der Waals surface area (Å²) in [5, 5.41) is 48.9. The molecule has 0 spiro atoms. The minimum atomic E-state index is -0.750.